The standard InChI is InChI=1S/C20H17F2N3O3/c21-14-5-12(6-15(22)8-14)10-24-3-4-25-17(20(24)26)9-16(23-25)13-1-2-18-19(7-13)28-11-27-18/h1-8,16-17,23H,9-11H2. The van der Waals surface area contributed by atoms with Crippen molar-refractivity contribution in [3.63, 3.8) is 0 Å². The summed E-state index contributed by atoms with van der Waals surface area (Å²) in [6, 6.07) is 8.57. The quantitative estimate of drug-likeness (QED) is 0.881. The maximum Gasteiger partial charge on any atom is 0.251 e. The van der Waals surface area contributed by atoms with Crippen LogP contribution in [0.1, 0.15) is 23.6 Å². The van der Waals surface area contributed by atoms with E-state index in [4.69, 9.17) is 9.47 Å². The van der Waals surface area contributed by atoms with Crippen molar-refractivity contribution in [2.75, 3.05) is 6.79 Å². The fraction of sp³-hybridized carbons (Fsp3) is 0.250. The van der Waals surface area contributed by atoms with E-state index in [1.165, 1.54) is 17.0 Å². The summed E-state index contributed by atoms with van der Waals surface area (Å²) in [6.07, 6.45) is 3.96. The van der Waals surface area contributed by atoms with Crippen molar-refractivity contribution in [1.29, 1.82) is 0 Å². The van der Waals surface area contributed by atoms with Gasteiger partial charge in [-0.1, -0.05) is 6.07 Å². The van der Waals surface area contributed by atoms with Crippen molar-refractivity contribution in [2.24, 2.45) is 0 Å². The Bertz CT molecular complexity index is 961. The van der Waals surface area contributed by atoms with Crippen molar-refractivity contribution in [1.82, 2.24) is 15.3 Å². The van der Waals surface area contributed by atoms with Gasteiger partial charge in [-0.3, -0.25) is 4.79 Å². The summed E-state index contributed by atoms with van der Waals surface area (Å²) in [4.78, 5) is 14.4. The molecule has 28 heavy (non-hydrogen) atoms. The number of benzene rings is 2. The number of nitrogens with one attached hydrogen (secondary N) is 1. The minimum Gasteiger partial charge on any atom is -0.454 e. The van der Waals surface area contributed by atoms with Crippen LogP contribution in [0.25, 0.3) is 0 Å². The van der Waals surface area contributed by atoms with Crippen LogP contribution in [0, 0.1) is 11.6 Å². The first-order chi connectivity index (χ1) is 13.6. The average molecular weight is 385 g/mol. The number of carbonyl (C=O) groups is 1. The highest BCUT2D eigenvalue weighted by Gasteiger charge is 2.40. The topological polar surface area (TPSA) is 54.0 Å². The lowest BCUT2D eigenvalue weighted by Crippen LogP contribution is -2.47. The summed E-state index contributed by atoms with van der Waals surface area (Å²) < 4.78 is 37.6. The molecular formula is C20H17F2N3O3. The molecule has 2 aromatic carbocycles. The predicted octanol–water partition coefficient (Wildman–Crippen LogP) is 2.83. The van der Waals surface area contributed by atoms with E-state index in [2.05, 4.69) is 5.43 Å². The van der Waals surface area contributed by atoms with Gasteiger partial charge in [-0.2, -0.15) is 0 Å². The number of hydrogen-bond donors (Lipinski definition) is 1. The van der Waals surface area contributed by atoms with Crippen LogP contribution in [-0.4, -0.2) is 28.7 Å². The third kappa shape index (κ3) is 2.95. The number of amides is 1. The Morgan fingerprint density at radius 2 is 1.82 bits per heavy atom. The summed E-state index contributed by atoms with van der Waals surface area (Å²) in [7, 11) is 0. The van der Waals surface area contributed by atoms with Crippen molar-refractivity contribution >= 4 is 5.91 Å². The molecule has 5 rings (SSSR count). The highest BCUT2D eigenvalue weighted by Crippen LogP contribution is 2.37. The van der Waals surface area contributed by atoms with E-state index in [1.54, 1.807) is 17.4 Å². The molecule has 8 heteroatoms. The molecule has 1 fully saturated rings. The summed E-state index contributed by atoms with van der Waals surface area (Å²) in [5.74, 6) is -0.0291. The molecule has 0 radical (unpaired) electrons. The SMILES string of the molecule is O=C1C2CC(c3ccc4c(c3)OCO4)NN2C=CN1Cc1cc(F)cc(F)c1. The minimum atomic E-state index is -0.657. The first-order valence-corrected chi connectivity index (χ1v) is 8.95. The average Bonchev–Trinajstić information content (AvgIpc) is 3.29. The normalized spacial score (nSPS) is 22.7. The number of fused-ring (bicyclic) bond motifs is 2. The van der Waals surface area contributed by atoms with Gasteiger partial charge in [0.1, 0.15) is 17.7 Å². The molecule has 3 aliphatic rings. The third-order valence-electron chi connectivity index (χ3n) is 5.15. The van der Waals surface area contributed by atoms with Crippen LogP contribution in [0.4, 0.5) is 8.78 Å². The van der Waals surface area contributed by atoms with Gasteiger partial charge in [0.2, 0.25) is 6.79 Å². The summed E-state index contributed by atoms with van der Waals surface area (Å²) in [5, 5.41) is 1.78. The van der Waals surface area contributed by atoms with Crippen molar-refractivity contribution < 1.29 is 23.0 Å². The second kappa shape index (κ2) is 6.49. The number of nitrogens with zero attached hydrogens (tertiary/aromatic N) is 2. The van der Waals surface area contributed by atoms with E-state index < -0.39 is 11.6 Å². The molecular weight excluding hydrogens is 368 g/mol. The molecule has 6 nitrogen and oxygen atoms in total. The highest BCUT2D eigenvalue weighted by molar-refractivity contribution is 5.84. The number of rotatable bonds is 3. The molecule has 0 spiro atoms. The molecule has 0 aromatic heterocycles. The van der Waals surface area contributed by atoms with Crippen LogP contribution >= 0.6 is 0 Å². The van der Waals surface area contributed by atoms with E-state index in [1.807, 2.05) is 18.2 Å². The predicted molar refractivity (Wildman–Crippen MR) is 94.7 cm³/mol. The molecule has 0 saturated carbocycles. The molecule has 2 unspecified atom stereocenters. The molecule has 3 heterocycles. The molecule has 1 N–H and O–H groups in total. The zero-order valence-electron chi connectivity index (χ0n) is 14.8. The van der Waals surface area contributed by atoms with E-state index >= 15 is 0 Å². The molecule has 0 bridgehead atoms. The zero-order chi connectivity index (χ0) is 19.3. The first kappa shape index (κ1) is 17.0. The molecule has 2 aromatic rings. The Kier molecular flexibility index (Phi) is 3.94. The lowest BCUT2D eigenvalue weighted by Gasteiger charge is -2.31. The van der Waals surface area contributed by atoms with E-state index in [0.29, 0.717) is 23.5 Å². The largest absolute Gasteiger partial charge is 0.454 e. The molecule has 3 aliphatic heterocycles. The number of hydrogen-bond acceptors (Lipinski definition) is 5. The Balaban J connectivity index is 1.32. The maximum atomic E-state index is 13.4. The first-order valence-electron chi connectivity index (χ1n) is 8.95. The van der Waals surface area contributed by atoms with Crippen molar-refractivity contribution in [3.8, 4) is 11.5 Å². The Morgan fingerprint density at radius 1 is 1.04 bits per heavy atom. The van der Waals surface area contributed by atoms with Crippen molar-refractivity contribution in [2.45, 2.75) is 25.0 Å². The minimum absolute atomic E-state index is 0.0559. The van der Waals surface area contributed by atoms with E-state index in [-0.39, 0.29) is 31.3 Å². The highest BCUT2D eigenvalue weighted by atomic mass is 19.1. The number of ether oxygens (including phenoxy) is 2. The van der Waals surface area contributed by atoms with Crippen LogP contribution in [0.15, 0.2) is 48.8 Å². The third-order valence-corrected chi connectivity index (χ3v) is 5.15. The number of halogens is 2. The second-order valence-electron chi connectivity index (χ2n) is 7.00. The summed E-state index contributed by atoms with van der Waals surface area (Å²) in [5.41, 5.74) is 4.72. The smallest absolute Gasteiger partial charge is 0.251 e. The molecule has 1 amide bonds. The van der Waals surface area contributed by atoms with Gasteiger partial charge < -0.3 is 19.4 Å². The summed E-state index contributed by atoms with van der Waals surface area (Å²) in [6.45, 7) is 0.325. The van der Waals surface area contributed by atoms with Crippen LogP contribution in [0.5, 0.6) is 11.5 Å². The lowest BCUT2D eigenvalue weighted by atomic mass is 10.0. The van der Waals surface area contributed by atoms with Gasteiger partial charge in [0.25, 0.3) is 5.91 Å². The van der Waals surface area contributed by atoms with Gasteiger partial charge in [-0.15, -0.1) is 0 Å². The fourth-order valence-corrected chi connectivity index (χ4v) is 3.81. The summed E-state index contributed by atoms with van der Waals surface area (Å²) >= 11 is 0. The Hall–Kier alpha value is -3.13. The van der Waals surface area contributed by atoms with E-state index in [0.717, 1.165) is 11.6 Å². The molecule has 0 aliphatic carbocycles. The number of carbonyl (C=O) groups excluding carboxylic acids is 1. The van der Waals surface area contributed by atoms with Gasteiger partial charge >= 0.3 is 0 Å². The molecule has 2 atom stereocenters. The van der Waals surface area contributed by atoms with Gasteiger partial charge in [0.15, 0.2) is 11.5 Å². The van der Waals surface area contributed by atoms with E-state index in [9.17, 15) is 13.6 Å². The zero-order valence-corrected chi connectivity index (χ0v) is 14.8. The van der Waals surface area contributed by atoms with Gasteiger partial charge in [0.05, 0.1) is 12.6 Å². The fourth-order valence-electron chi connectivity index (χ4n) is 3.81. The molecule has 1 saturated heterocycles. The second-order valence-corrected chi connectivity index (χ2v) is 7.00. The Labute approximate surface area is 159 Å². The van der Waals surface area contributed by atoms with Crippen LogP contribution in [0.3, 0.4) is 0 Å². The van der Waals surface area contributed by atoms with Gasteiger partial charge in [0, 0.05) is 18.5 Å². The monoisotopic (exact) mass is 385 g/mol. The van der Waals surface area contributed by atoms with Crippen LogP contribution in [0.2, 0.25) is 0 Å². The lowest BCUT2D eigenvalue weighted by molar-refractivity contribution is -0.134. The molecule has 144 valence electrons. The van der Waals surface area contributed by atoms with Gasteiger partial charge in [-0.25, -0.2) is 14.2 Å². The van der Waals surface area contributed by atoms with Crippen LogP contribution in [-0.2, 0) is 11.3 Å². The van der Waals surface area contributed by atoms with Gasteiger partial charge in [-0.05, 0) is 41.8 Å². The Morgan fingerprint density at radius 3 is 2.64 bits per heavy atom. The van der Waals surface area contributed by atoms with Crippen LogP contribution < -0.4 is 14.9 Å². The van der Waals surface area contributed by atoms with Crippen molar-refractivity contribution in [3.05, 3.63) is 71.6 Å². The number of hydrazine groups is 1. The maximum absolute atomic E-state index is 13.4.